The summed E-state index contributed by atoms with van der Waals surface area (Å²) in [5.41, 5.74) is 6.70. The number of benzene rings is 5. The van der Waals surface area contributed by atoms with Crippen molar-refractivity contribution in [1.29, 1.82) is 0 Å². The zero-order valence-electron chi connectivity index (χ0n) is 47.7. The summed E-state index contributed by atoms with van der Waals surface area (Å²) in [7, 11) is 4.35. The third-order valence-electron chi connectivity index (χ3n) is 15.3. The number of fused-ring (bicyclic) bond motifs is 7. The van der Waals surface area contributed by atoms with Crippen LogP contribution in [-0.4, -0.2) is 118 Å². The lowest BCUT2D eigenvalue weighted by Gasteiger charge is -2.34. The highest BCUT2D eigenvalue weighted by Gasteiger charge is 2.42. The van der Waals surface area contributed by atoms with E-state index in [1.807, 2.05) is 47.5 Å². The SMILES string of the molecule is COC(=O)CCCCC(=O)NC(C(=O)NC(C)C(=O)Nc1ccc(COC(=O)N2C[C@@H]3Cc4ccccc4N3C(=O)c3cc(OC)c(OCCCCCOc4cc5c(cc4OC)C(=O)N4Cc6ccccc6CC4C=N5)cc32)cc1)C(C)C. The number of unbranched alkanes of at least 4 members (excludes halogenated alkanes) is 3. The molecule has 436 valence electrons. The molecule has 0 fully saturated rings. The first-order valence-electron chi connectivity index (χ1n) is 28.2. The third kappa shape index (κ3) is 13.7. The number of rotatable bonds is 23. The molecule has 5 aromatic rings. The van der Waals surface area contributed by atoms with Crippen molar-refractivity contribution in [2.75, 3.05) is 56.2 Å². The quantitative estimate of drug-likeness (QED) is 0.0411. The monoisotopic (exact) mass is 1130 g/mol. The molecule has 0 spiro atoms. The van der Waals surface area contributed by atoms with Gasteiger partial charge in [-0.25, -0.2) is 4.79 Å². The van der Waals surface area contributed by atoms with Gasteiger partial charge in [0.05, 0.1) is 75.7 Å². The van der Waals surface area contributed by atoms with Gasteiger partial charge in [-0.15, -0.1) is 0 Å². The molecule has 0 aromatic heterocycles. The molecule has 83 heavy (non-hydrogen) atoms. The number of ether oxygens (including phenoxy) is 6. The topological polar surface area (TPSA) is 233 Å². The van der Waals surface area contributed by atoms with Crippen LogP contribution in [0.15, 0.2) is 102 Å². The summed E-state index contributed by atoms with van der Waals surface area (Å²) in [4.78, 5) is 103. The van der Waals surface area contributed by atoms with Crippen LogP contribution >= 0.6 is 0 Å². The van der Waals surface area contributed by atoms with Crippen LogP contribution in [0.25, 0.3) is 0 Å². The molecular weight excluding hydrogens is 1060 g/mol. The number of carbonyl (C=O) groups is 7. The van der Waals surface area contributed by atoms with E-state index in [0.717, 1.165) is 23.2 Å². The fraction of sp³-hybridized carbons (Fsp3) is 0.397. The maximum atomic E-state index is 14.6. The minimum absolute atomic E-state index is 0.105. The molecule has 0 aliphatic carbocycles. The molecule has 0 radical (unpaired) electrons. The molecular formula is C63H71N7O13. The highest BCUT2D eigenvalue weighted by Crippen LogP contribution is 2.43. The minimum Gasteiger partial charge on any atom is -0.493 e. The Morgan fingerprint density at radius 2 is 1.33 bits per heavy atom. The van der Waals surface area contributed by atoms with Crippen LogP contribution in [0.1, 0.15) is 109 Å². The number of nitrogens with one attached hydrogen (secondary N) is 3. The van der Waals surface area contributed by atoms with E-state index >= 15 is 0 Å². The maximum Gasteiger partial charge on any atom is 0.414 e. The van der Waals surface area contributed by atoms with Gasteiger partial charge in [0, 0.05) is 49.1 Å². The molecule has 0 saturated carbocycles. The zero-order chi connectivity index (χ0) is 58.7. The largest absolute Gasteiger partial charge is 0.493 e. The standard InChI is InChI=1S/C63H71N7O13/c1-38(2)58(67-56(71)20-12-13-21-57(72)80-6)60(74)65-39(3)59(73)66-44-24-22-40(23-25-44)37-83-63(77)69-36-46-29-42-17-10-11-19-50(42)70(46)62(76)48-31-53(79-5)55(33-51(48)69)82-27-15-7-14-26-81-54-32-49-47(30-52(54)78-4)61(75)68-35-43-18-9-8-16-41(43)28-45(68)34-64-49/h8-11,16-19,22-25,30-34,38-39,45-46,58H,7,12-15,20-21,26-29,35-37H2,1-6H3,(H,65,74)(H,66,73)(H,67,71)/t39?,45?,46-,58?/m0/s1. The summed E-state index contributed by atoms with van der Waals surface area (Å²) in [6.45, 7) is 6.28. The predicted molar refractivity (Wildman–Crippen MR) is 311 cm³/mol. The van der Waals surface area contributed by atoms with Crippen LogP contribution in [0.2, 0.25) is 0 Å². The molecule has 4 atom stereocenters. The van der Waals surface area contributed by atoms with Gasteiger partial charge in [-0.1, -0.05) is 68.4 Å². The van der Waals surface area contributed by atoms with Crippen molar-refractivity contribution in [1.82, 2.24) is 15.5 Å². The Morgan fingerprint density at radius 3 is 2.02 bits per heavy atom. The van der Waals surface area contributed by atoms with Crippen molar-refractivity contribution in [3.8, 4) is 23.0 Å². The second-order valence-corrected chi connectivity index (χ2v) is 21.4. The van der Waals surface area contributed by atoms with Gasteiger partial charge in [-0.2, -0.15) is 0 Å². The van der Waals surface area contributed by atoms with Crippen molar-refractivity contribution >= 4 is 70.6 Å². The van der Waals surface area contributed by atoms with E-state index in [-0.39, 0.29) is 73.2 Å². The highest BCUT2D eigenvalue weighted by molar-refractivity contribution is 6.14. The van der Waals surface area contributed by atoms with Gasteiger partial charge >= 0.3 is 12.1 Å². The zero-order valence-corrected chi connectivity index (χ0v) is 47.7. The van der Waals surface area contributed by atoms with Crippen LogP contribution in [0.5, 0.6) is 23.0 Å². The van der Waals surface area contributed by atoms with Crippen LogP contribution in [0.4, 0.5) is 27.5 Å². The van der Waals surface area contributed by atoms with Crippen LogP contribution in [0.3, 0.4) is 0 Å². The smallest absolute Gasteiger partial charge is 0.414 e. The minimum atomic E-state index is -0.956. The Morgan fingerprint density at radius 1 is 0.663 bits per heavy atom. The van der Waals surface area contributed by atoms with E-state index in [9.17, 15) is 33.6 Å². The molecule has 4 aliphatic heterocycles. The van der Waals surface area contributed by atoms with Gasteiger partial charge in [-0.3, -0.25) is 38.7 Å². The molecule has 9 rings (SSSR count). The molecule has 0 bridgehead atoms. The maximum absolute atomic E-state index is 14.6. The third-order valence-corrected chi connectivity index (χ3v) is 15.3. The molecule has 3 N–H and O–H groups in total. The fourth-order valence-corrected chi connectivity index (χ4v) is 10.7. The van der Waals surface area contributed by atoms with E-state index in [1.165, 1.54) is 31.6 Å². The number of hydrogen-bond donors (Lipinski definition) is 3. The summed E-state index contributed by atoms with van der Waals surface area (Å²) in [5, 5.41) is 8.23. The lowest BCUT2D eigenvalue weighted by atomic mass is 9.94. The molecule has 20 heteroatoms. The molecule has 4 heterocycles. The Bertz CT molecular complexity index is 3270. The molecule has 20 nitrogen and oxygen atoms in total. The first-order valence-corrected chi connectivity index (χ1v) is 28.2. The lowest BCUT2D eigenvalue weighted by molar-refractivity contribution is -0.140. The highest BCUT2D eigenvalue weighted by atomic mass is 16.6. The Hall–Kier alpha value is -8.94. The van der Waals surface area contributed by atoms with Gasteiger partial charge in [-0.05, 0) is 110 Å². The number of methoxy groups -OCH3 is 3. The van der Waals surface area contributed by atoms with Crippen molar-refractivity contribution in [3.05, 3.63) is 130 Å². The number of nitrogens with zero attached hydrogens (tertiary/aromatic N) is 4. The summed E-state index contributed by atoms with van der Waals surface area (Å²) in [5.74, 6) is -0.755. The molecule has 4 aliphatic rings. The second kappa shape index (κ2) is 26.8. The van der Waals surface area contributed by atoms with Gasteiger partial charge in [0.1, 0.15) is 18.7 Å². The summed E-state index contributed by atoms with van der Waals surface area (Å²) in [6, 6.07) is 26.9. The van der Waals surface area contributed by atoms with E-state index in [2.05, 4.69) is 32.8 Å². The summed E-state index contributed by atoms with van der Waals surface area (Å²) < 4.78 is 34.6. The average molecular weight is 1130 g/mol. The van der Waals surface area contributed by atoms with Crippen LogP contribution in [-0.2, 0) is 54.6 Å². The number of amides is 6. The normalized spacial score (nSPS) is 16.3. The van der Waals surface area contributed by atoms with Crippen molar-refractivity contribution in [2.24, 2.45) is 10.9 Å². The van der Waals surface area contributed by atoms with Crippen molar-refractivity contribution in [2.45, 2.75) is 116 Å². The average Bonchev–Trinajstić information content (AvgIpc) is 4.04. The van der Waals surface area contributed by atoms with Crippen molar-refractivity contribution < 1.29 is 62.0 Å². The first-order chi connectivity index (χ1) is 40.1. The summed E-state index contributed by atoms with van der Waals surface area (Å²) in [6.07, 6.45) is 5.68. The van der Waals surface area contributed by atoms with Crippen LogP contribution in [0, 0.1) is 5.92 Å². The van der Waals surface area contributed by atoms with Gasteiger partial charge in [0.2, 0.25) is 17.7 Å². The Labute approximate surface area is 482 Å². The summed E-state index contributed by atoms with van der Waals surface area (Å²) >= 11 is 0. The van der Waals surface area contributed by atoms with Crippen molar-refractivity contribution in [3.63, 3.8) is 0 Å². The van der Waals surface area contributed by atoms with E-state index < -0.39 is 30.0 Å². The lowest BCUT2D eigenvalue weighted by Crippen LogP contribution is -2.53. The molecule has 5 aromatic carbocycles. The van der Waals surface area contributed by atoms with E-state index in [4.69, 9.17) is 28.7 Å². The Balaban J connectivity index is 0.798. The fourth-order valence-electron chi connectivity index (χ4n) is 10.7. The van der Waals surface area contributed by atoms with Gasteiger partial charge < -0.3 is 54.2 Å². The predicted octanol–water partition coefficient (Wildman–Crippen LogP) is 8.66. The number of para-hydroxylation sites is 1. The van der Waals surface area contributed by atoms with Crippen LogP contribution < -0.4 is 44.7 Å². The number of aliphatic imine (C=N–C) groups is 1. The number of carbonyl (C=O) groups excluding carboxylic acids is 7. The van der Waals surface area contributed by atoms with E-state index in [0.29, 0.717) is 109 Å². The van der Waals surface area contributed by atoms with E-state index in [1.54, 1.807) is 74.4 Å². The molecule has 6 amide bonds. The molecule has 3 unspecified atom stereocenters. The Kier molecular flexibility index (Phi) is 18.9. The molecule has 0 saturated heterocycles. The second-order valence-electron chi connectivity index (χ2n) is 21.4. The van der Waals surface area contributed by atoms with Gasteiger partial charge in [0.15, 0.2) is 23.0 Å². The first kappa shape index (κ1) is 58.7. The number of esters is 1. The number of anilines is 3. The van der Waals surface area contributed by atoms with Gasteiger partial charge in [0.25, 0.3) is 11.8 Å². The number of hydrogen-bond acceptors (Lipinski definition) is 14.